The molecule has 2 aliphatic heterocycles. The van der Waals surface area contributed by atoms with Crippen LogP contribution in [0.4, 0.5) is 0 Å². The molecule has 2 heterocycles. The van der Waals surface area contributed by atoms with E-state index in [-0.39, 0.29) is 0 Å². The Hall–Kier alpha value is -0.0800. The van der Waals surface area contributed by atoms with Crippen LogP contribution in [0.3, 0.4) is 0 Å². The molecular formula is C19H34N2. The molecule has 1 spiro atoms. The topological polar surface area (TPSA) is 24.1 Å². The molecule has 4 rings (SSSR count). The minimum atomic E-state index is 0.746. The second-order valence-electron chi connectivity index (χ2n) is 8.56. The molecule has 21 heavy (non-hydrogen) atoms. The van der Waals surface area contributed by atoms with E-state index < -0.39 is 0 Å². The van der Waals surface area contributed by atoms with Gasteiger partial charge in [-0.3, -0.25) is 0 Å². The van der Waals surface area contributed by atoms with E-state index in [1.165, 1.54) is 90.3 Å². The van der Waals surface area contributed by atoms with Crippen molar-refractivity contribution in [2.45, 2.75) is 76.7 Å². The summed E-state index contributed by atoms with van der Waals surface area (Å²) in [4.78, 5) is 0. The molecule has 2 aliphatic carbocycles. The van der Waals surface area contributed by atoms with E-state index in [0.717, 1.165) is 29.2 Å². The zero-order chi connectivity index (χ0) is 14.1. The lowest BCUT2D eigenvalue weighted by Crippen LogP contribution is -2.51. The standard InChI is InChI=1S/C19H34N2/c1-3-16-4-2-12-21-18(16)17(5-1)15-6-8-19(9-7-15)10-13-20-14-11-19/h15-18,20-21H,1-14H2. The summed E-state index contributed by atoms with van der Waals surface area (Å²) in [6.07, 6.45) is 16.5. The first kappa shape index (κ1) is 14.5. The van der Waals surface area contributed by atoms with Crippen molar-refractivity contribution in [2.75, 3.05) is 19.6 Å². The first-order valence-corrected chi connectivity index (χ1v) is 9.80. The monoisotopic (exact) mass is 290 g/mol. The van der Waals surface area contributed by atoms with Gasteiger partial charge < -0.3 is 10.6 Å². The van der Waals surface area contributed by atoms with Crippen molar-refractivity contribution in [1.82, 2.24) is 10.6 Å². The van der Waals surface area contributed by atoms with Gasteiger partial charge in [-0.1, -0.05) is 6.42 Å². The summed E-state index contributed by atoms with van der Waals surface area (Å²) in [5, 5.41) is 7.49. The summed E-state index contributed by atoms with van der Waals surface area (Å²) < 4.78 is 0. The van der Waals surface area contributed by atoms with Crippen LogP contribution in [-0.4, -0.2) is 25.7 Å². The van der Waals surface area contributed by atoms with Crippen LogP contribution in [0.25, 0.3) is 0 Å². The molecule has 0 aromatic heterocycles. The predicted octanol–water partition coefficient (Wildman–Crippen LogP) is 3.71. The highest BCUT2D eigenvalue weighted by atomic mass is 14.9. The normalized spacial score (nSPS) is 40.9. The van der Waals surface area contributed by atoms with E-state index >= 15 is 0 Å². The smallest absolute Gasteiger partial charge is 0.0126 e. The minimum Gasteiger partial charge on any atom is -0.317 e. The van der Waals surface area contributed by atoms with E-state index in [0.29, 0.717) is 0 Å². The molecular weight excluding hydrogens is 256 g/mol. The van der Waals surface area contributed by atoms with Crippen LogP contribution in [0.2, 0.25) is 0 Å². The molecule has 4 fully saturated rings. The van der Waals surface area contributed by atoms with Crippen molar-refractivity contribution < 1.29 is 0 Å². The summed E-state index contributed by atoms with van der Waals surface area (Å²) in [6.45, 7) is 3.85. The number of piperidine rings is 2. The number of nitrogens with one attached hydrogen (secondary N) is 2. The third-order valence-corrected chi connectivity index (χ3v) is 7.57. The Balaban J connectivity index is 1.38. The van der Waals surface area contributed by atoms with Crippen molar-refractivity contribution in [2.24, 2.45) is 23.2 Å². The fourth-order valence-corrected chi connectivity index (χ4v) is 6.27. The molecule has 0 aromatic rings. The van der Waals surface area contributed by atoms with Gasteiger partial charge in [-0.15, -0.1) is 0 Å². The molecule has 2 heteroatoms. The molecule has 2 saturated heterocycles. The third-order valence-electron chi connectivity index (χ3n) is 7.57. The molecule has 3 atom stereocenters. The van der Waals surface area contributed by atoms with Crippen LogP contribution in [0.15, 0.2) is 0 Å². The summed E-state index contributed by atoms with van der Waals surface area (Å²) in [7, 11) is 0. The Morgan fingerprint density at radius 1 is 0.667 bits per heavy atom. The minimum absolute atomic E-state index is 0.746. The van der Waals surface area contributed by atoms with Gasteiger partial charge in [0, 0.05) is 6.04 Å². The van der Waals surface area contributed by atoms with Crippen molar-refractivity contribution in [3.8, 4) is 0 Å². The maximum Gasteiger partial charge on any atom is 0.0126 e. The molecule has 120 valence electrons. The average Bonchev–Trinajstić information content (AvgIpc) is 2.56. The lowest BCUT2D eigenvalue weighted by Gasteiger charge is -2.49. The molecule has 2 N–H and O–H groups in total. The Morgan fingerprint density at radius 3 is 2.24 bits per heavy atom. The Morgan fingerprint density at radius 2 is 1.43 bits per heavy atom. The first-order valence-electron chi connectivity index (χ1n) is 9.80. The molecule has 0 aromatic carbocycles. The van der Waals surface area contributed by atoms with Gasteiger partial charge in [-0.25, -0.2) is 0 Å². The molecule has 0 radical (unpaired) electrons. The van der Waals surface area contributed by atoms with Gasteiger partial charge in [0.2, 0.25) is 0 Å². The van der Waals surface area contributed by atoms with Gasteiger partial charge in [-0.05, 0) is 107 Å². The van der Waals surface area contributed by atoms with Crippen molar-refractivity contribution in [1.29, 1.82) is 0 Å². The third kappa shape index (κ3) is 2.91. The van der Waals surface area contributed by atoms with Crippen molar-refractivity contribution in [3.63, 3.8) is 0 Å². The second-order valence-corrected chi connectivity index (χ2v) is 8.56. The average molecular weight is 290 g/mol. The van der Waals surface area contributed by atoms with Crippen LogP contribution in [-0.2, 0) is 0 Å². The van der Waals surface area contributed by atoms with Gasteiger partial charge in [0.05, 0.1) is 0 Å². The van der Waals surface area contributed by atoms with Gasteiger partial charge in [0.1, 0.15) is 0 Å². The highest BCUT2D eigenvalue weighted by molar-refractivity contribution is 4.97. The molecule has 4 aliphatic rings. The summed E-state index contributed by atoms with van der Waals surface area (Å²) in [6, 6.07) is 0.888. The number of rotatable bonds is 1. The van der Waals surface area contributed by atoms with Gasteiger partial charge in [0.25, 0.3) is 0 Å². The van der Waals surface area contributed by atoms with E-state index in [1.807, 2.05) is 0 Å². The van der Waals surface area contributed by atoms with Crippen LogP contribution < -0.4 is 10.6 Å². The zero-order valence-electron chi connectivity index (χ0n) is 13.7. The number of hydrogen-bond donors (Lipinski definition) is 2. The van der Waals surface area contributed by atoms with E-state index in [1.54, 1.807) is 0 Å². The number of fused-ring (bicyclic) bond motifs is 1. The van der Waals surface area contributed by atoms with Crippen LogP contribution in [0, 0.1) is 23.2 Å². The van der Waals surface area contributed by atoms with E-state index in [9.17, 15) is 0 Å². The lowest BCUT2D eigenvalue weighted by molar-refractivity contribution is 0.0393. The molecule has 2 nitrogen and oxygen atoms in total. The fourth-order valence-electron chi connectivity index (χ4n) is 6.27. The molecule has 0 amide bonds. The number of hydrogen-bond acceptors (Lipinski definition) is 2. The molecule has 2 saturated carbocycles. The van der Waals surface area contributed by atoms with Gasteiger partial charge in [-0.2, -0.15) is 0 Å². The summed E-state index contributed by atoms with van der Waals surface area (Å²) >= 11 is 0. The van der Waals surface area contributed by atoms with Crippen LogP contribution >= 0.6 is 0 Å². The Kier molecular flexibility index (Phi) is 4.28. The molecule has 3 unspecified atom stereocenters. The van der Waals surface area contributed by atoms with E-state index in [2.05, 4.69) is 10.6 Å². The Bertz CT molecular complexity index is 335. The predicted molar refractivity (Wildman–Crippen MR) is 88.4 cm³/mol. The Labute approximate surface area is 130 Å². The highest BCUT2D eigenvalue weighted by Gasteiger charge is 2.43. The van der Waals surface area contributed by atoms with Crippen molar-refractivity contribution >= 4 is 0 Å². The van der Waals surface area contributed by atoms with Gasteiger partial charge in [0.15, 0.2) is 0 Å². The quantitative estimate of drug-likeness (QED) is 0.769. The van der Waals surface area contributed by atoms with E-state index in [4.69, 9.17) is 0 Å². The van der Waals surface area contributed by atoms with Crippen LogP contribution in [0.5, 0.6) is 0 Å². The fraction of sp³-hybridized carbons (Fsp3) is 1.00. The first-order chi connectivity index (χ1) is 10.4. The largest absolute Gasteiger partial charge is 0.317 e. The zero-order valence-corrected chi connectivity index (χ0v) is 13.7. The molecule has 0 bridgehead atoms. The highest BCUT2D eigenvalue weighted by Crippen LogP contribution is 2.50. The van der Waals surface area contributed by atoms with Gasteiger partial charge >= 0.3 is 0 Å². The lowest BCUT2D eigenvalue weighted by atomic mass is 9.60. The van der Waals surface area contributed by atoms with Crippen LogP contribution in [0.1, 0.15) is 70.6 Å². The van der Waals surface area contributed by atoms with Crippen molar-refractivity contribution in [3.05, 3.63) is 0 Å². The SMILES string of the molecule is C1CNC2C(C1)CCCC2C1CCC2(CCNCC2)CC1. The maximum absolute atomic E-state index is 3.93. The maximum atomic E-state index is 3.93. The summed E-state index contributed by atoms with van der Waals surface area (Å²) in [5.41, 5.74) is 0.746. The second kappa shape index (κ2) is 6.20. The summed E-state index contributed by atoms with van der Waals surface area (Å²) in [5.74, 6) is 3.08.